The third-order valence-electron chi connectivity index (χ3n) is 2.65. The topological polar surface area (TPSA) is 48.7 Å². The molecule has 2 rings (SSSR count). The summed E-state index contributed by atoms with van der Waals surface area (Å²) in [4.78, 5) is 3.41. The summed E-state index contributed by atoms with van der Waals surface area (Å²) in [5.41, 5.74) is 1.41. The van der Waals surface area contributed by atoms with Crippen LogP contribution in [0, 0.1) is 23.0 Å². The summed E-state index contributed by atoms with van der Waals surface area (Å²) in [6.07, 6.45) is 2.53. The van der Waals surface area contributed by atoms with Crippen LogP contribution in [0.25, 0.3) is 0 Å². The monoisotopic (exact) mass is 259 g/mol. The molecule has 1 heterocycles. The molecule has 0 aliphatic carbocycles. The molecule has 0 saturated carbocycles. The minimum Gasteiger partial charge on any atom is -0.380 e. The lowest BCUT2D eigenvalue weighted by atomic mass is 10.1. The number of benzene rings is 1. The highest BCUT2D eigenvalue weighted by atomic mass is 19.1. The Labute approximate surface area is 109 Å². The summed E-state index contributed by atoms with van der Waals surface area (Å²) in [7, 11) is 0. The second-order valence-electron chi connectivity index (χ2n) is 3.96. The Kier molecular flexibility index (Phi) is 4.04. The van der Waals surface area contributed by atoms with Crippen LogP contribution in [0.2, 0.25) is 0 Å². The van der Waals surface area contributed by atoms with Gasteiger partial charge in [-0.2, -0.15) is 5.26 Å². The molecule has 0 spiro atoms. The van der Waals surface area contributed by atoms with Crippen molar-refractivity contribution in [2.24, 2.45) is 0 Å². The summed E-state index contributed by atoms with van der Waals surface area (Å²) in [6, 6.07) is 9.09. The van der Waals surface area contributed by atoms with E-state index in [0.717, 1.165) is 18.0 Å². The van der Waals surface area contributed by atoms with Crippen molar-refractivity contribution >= 4 is 5.69 Å². The Hall–Kier alpha value is -2.48. The Bertz CT molecular complexity index is 583. The minimum absolute atomic E-state index is 0.163. The maximum absolute atomic E-state index is 13.3. The highest BCUT2D eigenvalue weighted by Gasteiger charge is 2.07. The quantitative estimate of drug-likeness (QED) is 0.918. The molecule has 0 fully saturated rings. The first kappa shape index (κ1) is 13.0. The summed E-state index contributed by atoms with van der Waals surface area (Å²) in [5, 5.41) is 11.4. The third kappa shape index (κ3) is 3.26. The SMILES string of the molecule is N#Cc1ccc(CCNc2c(F)cncc2F)cc1. The van der Waals surface area contributed by atoms with Gasteiger partial charge in [-0.1, -0.05) is 12.1 Å². The highest BCUT2D eigenvalue weighted by Crippen LogP contribution is 2.16. The van der Waals surface area contributed by atoms with Crippen molar-refractivity contribution in [1.29, 1.82) is 5.26 Å². The van der Waals surface area contributed by atoms with Crippen LogP contribution in [0.3, 0.4) is 0 Å². The minimum atomic E-state index is -0.708. The van der Waals surface area contributed by atoms with Gasteiger partial charge in [0.1, 0.15) is 5.69 Å². The van der Waals surface area contributed by atoms with Crippen LogP contribution in [0.4, 0.5) is 14.5 Å². The number of nitrogens with zero attached hydrogens (tertiary/aromatic N) is 2. The van der Waals surface area contributed by atoms with E-state index in [2.05, 4.69) is 10.3 Å². The molecule has 96 valence electrons. The van der Waals surface area contributed by atoms with E-state index in [4.69, 9.17) is 5.26 Å². The molecular weight excluding hydrogens is 248 g/mol. The van der Waals surface area contributed by atoms with Crippen molar-refractivity contribution in [2.45, 2.75) is 6.42 Å². The summed E-state index contributed by atoms with van der Waals surface area (Å²) in [6.45, 7) is 0.393. The van der Waals surface area contributed by atoms with Gasteiger partial charge in [0.05, 0.1) is 24.0 Å². The van der Waals surface area contributed by atoms with Gasteiger partial charge in [-0.3, -0.25) is 4.98 Å². The van der Waals surface area contributed by atoms with Crippen LogP contribution in [-0.2, 0) is 6.42 Å². The van der Waals surface area contributed by atoms with Crippen molar-refractivity contribution in [3.63, 3.8) is 0 Å². The van der Waals surface area contributed by atoms with Gasteiger partial charge in [0.15, 0.2) is 11.6 Å². The van der Waals surface area contributed by atoms with Gasteiger partial charge >= 0.3 is 0 Å². The molecule has 5 heteroatoms. The predicted octanol–water partition coefficient (Wildman–Crippen LogP) is 2.89. The number of rotatable bonds is 4. The first-order valence-electron chi connectivity index (χ1n) is 5.72. The number of hydrogen-bond donors (Lipinski definition) is 1. The molecule has 0 amide bonds. The van der Waals surface area contributed by atoms with E-state index < -0.39 is 11.6 Å². The van der Waals surface area contributed by atoms with Gasteiger partial charge in [0.2, 0.25) is 0 Å². The number of nitriles is 1. The Morgan fingerprint density at radius 2 is 1.74 bits per heavy atom. The van der Waals surface area contributed by atoms with E-state index in [1.54, 1.807) is 12.1 Å². The maximum Gasteiger partial charge on any atom is 0.167 e. The van der Waals surface area contributed by atoms with Crippen LogP contribution in [0.15, 0.2) is 36.7 Å². The lowest BCUT2D eigenvalue weighted by Crippen LogP contribution is -2.08. The Morgan fingerprint density at radius 1 is 1.11 bits per heavy atom. The van der Waals surface area contributed by atoms with Gasteiger partial charge in [-0.05, 0) is 24.1 Å². The van der Waals surface area contributed by atoms with E-state index in [1.165, 1.54) is 0 Å². The van der Waals surface area contributed by atoms with Crippen molar-refractivity contribution in [2.75, 3.05) is 11.9 Å². The zero-order valence-corrected chi connectivity index (χ0v) is 10.0. The molecule has 0 radical (unpaired) electrons. The average Bonchev–Trinajstić information content (AvgIpc) is 2.43. The molecule has 0 bridgehead atoms. The number of anilines is 1. The summed E-state index contributed by atoms with van der Waals surface area (Å²) < 4.78 is 26.5. The van der Waals surface area contributed by atoms with Gasteiger partial charge in [0.25, 0.3) is 0 Å². The normalized spacial score (nSPS) is 9.95. The molecule has 0 saturated heterocycles. The van der Waals surface area contributed by atoms with Gasteiger partial charge in [-0.25, -0.2) is 8.78 Å². The van der Waals surface area contributed by atoms with Crippen LogP contribution in [-0.4, -0.2) is 11.5 Å². The molecular formula is C14H11F2N3. The molecule has 1 N–H and O–H groups in total. The van der Waals surface area contributed by atoms with E-state index >= 15 is 0 Å². The zero-order chi connectivity index (χ0) is 13.7. The first-order valence-corrected chi connectivity index (χ1v) is 5.72. The standard InChI is InChI=1S/C14H11F2N3/c15-12-8-18-9-13(16)14(12)19-6-5-10-1-3-11(7-17)4-2-10/h1-4,8-9H,5-6H2,(H,18,19). The van der Waals surface area contributed by atoms with Crippen LogP contribution in [0.5, 0.6) is 0 Å². The second kappa shape index (κ2) is 5.91. The average molecular weight is 259 g/mol. The second-order valence-corrected chi connectivity index (χ2v) is 3.96. The van der Waals surface area contributed by atoms with E-state index in [9.17, 15) is 8.78 Å². The number of nitrogens with one attached hydrogen (secondary N) is 1. The highest BCUT2D eigenvalue weighted by molar-refractivity contribution is 5.44. The van der Waals surface area contributed by atoms with Crippen LogP contribution < -0.4 is 5.32 Å². The third-order valence-corrected chi connectivity index (χ3v) is 2.65. The van der Waals surface area contributed by atoms with Crippen molar-refractivity contribution in [1.82, 2.24) is 4.98 Å². The summed E-state index contributed by atoms with van der Waals surface area (Å²) >= 11 is 0. The molecule has 3 nitrogen and oxygen atoms in total. The van der Waals surface area contributed by atoms with Gasteiger partial charge < -0.3 is 5.32 Å². The number of pyridine rings is 1. The van der Waals surface area contributed by atoms with Gasteiger partial charge in [0, 0.05) is 6.54 Å². The maximum atomic E-state index is 13.3. The number of aromatic nitrogens is 1. The van der Waals surface area contributed by atoms with E-state index in [-0.39, 0.29) is 5.69 Å². The molecule has 2 aromatic rings. The predicted molar refractivity (Wildman–Crippen MR) is 67.5 cm³/mol. The van der Waals surface area contributed by atoms with Crippen LogP contribution >= 0.6 is 0 Å². The number of halogens is 2. The lowest BCUT2D eigenvalue weighted by molar-refractivity contribution is 0.578. The zero-order valence-electron chi connectivity index (χ0n) is 10.0. The fourth-order valence-corrected chi connectivity index (χ4v) is 1.66. The molecule has 1 aromatic heterocycles. The first-order chi connectivity index (χ1) is 9.20. The molecule has 1 aromatic carbocycles. The fraction of sp³-hybridized carbons (Fsp3) is 0.143. The van der Waals surface area contributed by atoms with E-state index in [1.807, 2.05) is 18.2 Å². The molecule has 19 heavy (non-hydrogen) atoms. The lowest BCUT2D eigenvalue weighted by Gasteiger charge is -2.08. The molecule has 0 unspecified atom stereocenters. The molecule has 0 aliphatic rings. The number of hydrogen-bond acceptors (Lipinski definition) is 3. The fourth-order valence-electron chi connectivity index (χ4n) is 1.66. The Balaban J connectivity index is 1.95. The van der Waals surface area contributed by atoms with Crippen molar-refractivity contribution in [3.05, 3.63) is 59.4 Å². The van der Waals surface area contributed by atoms with E-state index in [0.29, 0.717) is 18.5 Å². The Morgan fingerprint density at radius 3 is 2.32 bits per heavy atom. The van der Waals surface area contributed by atoms with Crippen molar-refractivity contribution in [3.8, 4) is 6.07 Å². The largest absolute Gasteiger partial charge is 0.380 e. The molecule has 0 atom stereocenters. The van der Waals surface area contributed by atoms with Gasteiger partial charge in [-0.15, -0.1) is 0 Å². The van der Waals surface area contributed by atoms with Crippen molar-refractivity contribution < 1.29 is 8.78 Å². The van der Waals surface area contributed by atoms with Crippen LogP contribution in [0.1, 0.15) is 11.1 Å². The molecule has 0 aliphatic heterocycles. The smallest absolute Gasteiger partial charge is 0.167 e. The summed E-state index contributed by atoms with van der Waals surface area (Å²) in [5.74, 6) is -1.42.